The predicted octanol–water partition coefficient (Wildman–Crippen LogP) is 2.74. The van der Waals surface area contributed by atoms with E-state index in [-0.39, 0.29) is 5.82 Å². The highest BCUT2D eigenvalue weighted by molar-refractivity contribution is 5.63. The fraction of sp³-hybridized carbons (Fsp3) is 0.333. The molecule has 0 aromatic heterocycles. The van der Waals surface area contributed by atoms with Crippen LogP contribution in [0.2, 0.25) is 0 Å². The SMILES string of the molecule is Fc1ccc(-c2[c]ccc(CCN3CCNCC3)c2)cc1. The average molecular weight is 283 g/mol. The van der Waals surface area contributed by atoms with Crippen molar-refractivity contribution < 1.29 is 4.39 Å². The van der Waals surface area contributed by atoms with Gasteiger partial charge in [0.25, 0.3) is 0 Å². The molecule has 0 spiro atoms. The molecule has 1 heterocycles. The molecule has 3 rings (SSSR count). The molecule has 0 unspecified atom stereocenters. The van der Waals surface area contributed by atoms with Gasteiger partial charge in [-0.25, -0.2) is 4.39 Å². The topological polar surface area (TPSA) is 15.3 Å². The summed E-state index contributed by atoms with van der Waals surface area (Å²) in [4.78, 5) is 2.49. The Morgan fingerprint density at radius 1 is 1.10 bits per heavy atom. The van der Waals surface area contributed by atoms with Gasteiger partial charge >= 0.3 is 0 Å². The Labute approximate surface area is 125 Å². The van der Waals surface area contributed by atoms with Crippen LogP contribution in [0.25, 0.3) is 11.1 Å². The lowest BCUT2D eigenvalue weighted by Gasteiger charge is -2.27. The van der Waals surface area contributed by atoms with Gasteiger partial charge in [0, 0.05) is 32.7 Å². The van der Waals surface area contributed by atoms with Gasteiger partial charge in [0.1, 0.15) is 5.82 Å². The quantitative estimate of drug-likeness (QED) is 0.928. The largest absolute Gasteiger partial charge is 0.314 e. The molecule has 2 aromatic rings. The molecule has 1 saturated heterocycles. The number of nitrogens with one attached hydrogen (secondary N) is 1. The molecule has 1 radical (unpaired) electrons. The lowest BCUT2D eigenvalue weighted by molar-refractivity contribution is 0.244. The molecule has 1 N–H and O–H groups in total. The predicted molar refractivity (Wildman–Crippen MR) is 83.7 cm³/mol. The van der Waals surface area contributed by atoms with E-state index >= 15 is 0 Å². The molecule has 1 aliphatic rings. The molecule has 21 heavy (non-hydrogen) atoms. The van der Waals surface area contributed by atoms with Gasteiger partial charge in [0.2, 0.25) is 0 Å². The number of hydrogen-bond acceptors (Lipinski definition) is 2. The van der Waals surface area contributed by atoms with Crippen molar-refractivity contribution in [3.63, 3.8) is 0 Å². The van der Waals surface area contributed by atoms with E-state index in [1.165, 1.54) is 17.7 Å². The van der Waals surface area contributed by atoms with Crippen LogP contribution in [0.3, 0.4) is 0 Å². The first-order valence-corrected chi connectivity index (χ1v) is 7.51. The van der Waals surface area contributed by atoms with Gasteiger partial charge in [-0.05, 0) is 41.3 Å². The van der Waals surface area contributed by atoms with Crippen molar-refractivity contribution in [1.82, 2.24) is 10.2 Å². The first kappa shape index (κ1) is 14.2. The Morgan fingerprint density at radius 2 is 1.86 bits per heavy atom. The van der Waals surface area contributed by atoms with Crippen LogP contribution in [0.4, 0.5) is 4.39 Å². The zero-order valence-electron chi connectivity index (χ0n) is 12.1. The molecular formula is C18H20FN2. The Kier molecular flexibility index (Phi) is 4.63. The van der Waals surface area contributed by atoms with Crippen LogP contribution >= 0.6 is 0 Å². The molecular weight excluding hydrogens is 263 g/mol. The van der Waals surface area contributed by atoms with Crippen LogP contribution in [-0.4, -0.2) is 37.6 Å². The van der Waals surface area contributed by atoms with Crippen LogP contribution in [-0.2, 0) is 6.42 Å². The maximum absolute atomic E-state index is 13.0. The summed E-state index contributed by atoms with van der Waals surface area (Å²) in [6.45, 7) is 5.52. The van der Waals surface area contributed by atoms with Crippen molar-refractivity contribution in [3.05, 3.63) is 59.9 Å². The van der Waals surface area contributed by atoms with E-state index in [0.717, 1.165) is 50.3 Å². The van der Waals surface area contributed by atoms with Gasteiger partial charge in [-0.15, -0.1) is 0 Å². The summed E-state index contributed by atoms with van der Waals surface area (Å²) < 4.78 is 13.0. The standard InChI is InChI=1S/C18H20FN2/c19-18-6-4-16(5-7-18)17-3-1-2-15(14-17)8-11-21-12-9-20-10-13-21/h1-2,4-7,14,20H,8-13H2. The third-order valence-corrected chi connectivity index (χ3v) is 3.95. The summed E-state index contributed by atoms with van der Waals surface area (Å²) >= 11 is 0. The van der Waals surface area contributed by atoms with E-state index in [1.54, 1.807) is 12.1 Å². The Hall–Kier alpha value is -1.71. The fourth-order valence-electron chi connectivity index (χ4n) is 2.69. The summed E-state index contributed by atoms with van der Waals surface area (Å²) in [5, 5.41) is 3.37. The van der Waals surface area contributed by atoms with Crippen molar-refractivity contribution in [2.45, 2.75) is 6.42 Å². The highest BCUT2D eigenvalue weighted by atomic mass is 19.1. The van der Waals surface area contributed by atoms with Gasteiger partial charge in [-0.1, -0.05) is 30.3 Å². The first-order chi connectivity index (χ1) is 10.3. The molecule has 0 aliphatic carbocycles. The number of rotatable bonds is 4. The third-order valence-electron chi connectivity index (χ3n) is 3.95. The first-order valence-electron chi connectivity index (χ1n) is 7.51. The van der Waals surface area contributed by atoms with Crippen LogP contribution in [0, 0.1) is 11.9 Å². The zero-order chi connectivity index (χ0) is 14.5. The molecule has 0 bridgehead atoms. The molecule has 2 aromatic carbocycles. The van der Waals surface area contributed by atoms with Crippen molar-refractivity contribution in [2.75, 3.05) is 32.7 Å². The minimum atomic E-state index is -0.200. The normalized spacial score (nSPS) is 16.0. The summed E-state index contributed by atoms with van der Waals surface area (Å²) in [5.74, 6) is -0.200. The lowest BCUT2D eigenvalue weighted by atomic mass is 10.0. The minimum absolute atomic E-state index is 0.200. The number of benzene rings is 2. The highest BCUT2D eigenvalue weighted by Crippen LogP contribution is 2.20. The zero-order valence-corrected chi connectivity index (χ0v) is 12.1. The van der Waals surface area contributed by atoms with Crippen LogP contribution in [0.1, 0.15) is 5.56 Å². The Morgan fingerprint density at radius 3 is 2.62 bits per heavy atom. The van der Waals surface area contributed by atoms with Crippen molar-refractivity contribution >= 4 is 0 Å². The van der Waals surface area contributed by atoms with E-state index in [4.69, 9.17) is 0 Å². The van der Waals surface area contributed by atoms with E-state index < -0.39 is 0 Å². The molecule has 3 heteroatoms. The van der Waals surface area contributed by atoms with Gasteiger partial charge in [0.05, 0.1) is 0 Å². The number of hydrogen-bond donors (Lipinski definition) is 1. The average Bonchev–Trinajstić information content (AvgIpc) is 2.55. The monoisotopic (exact) mass is 283 g/mol. The maximum Gasteiger partial charge on any atom is 0.123 e. The van der Waals surface area contributed by atoms with Crippen LogP contribution < -0.4 is 5.32 Å². The highest BCUT2D eigenvalue weighted by Gasteiger charge is 2.09. The van der Waals surface area contributed by atoms with E-state index in [2.05, 4.69) is 28.4 Å². The maximum atomic E-state index is 13.0. The fourth-order valence-corrected chi connectivity index (χ4v) is 2.69. The summed E-state index contributed by atoms with van der Waals surface area (Å²) in [5.41, 5.74) is 3.36. The lowest BCUT2D eigenvalue weighted by Crippen LogP contribution is -2.44. The van der Waals surface area contributed by atoms with Crippen LogP contribution in [0.5, 0.6) is 0 Å². The molecule has 0 atom stereocenters. The van der Waals surface area contributed by atoms with Gasteiger partial charge in [0.15, 0.2) is 0 Å². The Balaban J connectivity index is 1.66. The molecule has 109 valence electrons. The minimum Gasteiger partial charge on any atom is -0.314 e. The smallest absolute Gasteiger partial charge is 0.123 e. The van der Waals surface area contributed by atoms with Crippen molar-refractivity contribution in [1.29, 1.82) is 0 Å². The summed E-state index contributed by atoms with van der Waals surface area (Å²) in [7, 11) is 0. The molecule has 1 fully saturated rings. The van der Waals surface area contributed by atoms with Crippen molar-refractivity contribution in [3.8, 4) is 11.1 Å². The van der Waals surface area contributed by atoms with Gasteiger partial charge in [-0.2, -0.15) is 0 Å². The molecule has 2 nitrogen and oxygen atoms in total. The number of nitrogens with zero attached hydrogens (tertiary/aromatic N) is 1. The second-order valence-electron chi connectivity index (χ2n) is 5.46. The summed E-state index contributed by atoms with van der Waals surface area (Å²) in [6.07, 6.45) is 1.04. The third kappa shape index (κ3) is 3.90. The number of piperazine rings is 1. The second kappa shape index (κ2) is 6.83. The van der Waals surface area contributed by atoms with Gasteiger partial charge in [-0.3, -0.25) is 0 Å². The Bertz CT molecular complexity index is 574. The molecule has 0 saturated carbocycles. The van der Waals surface area contributed by atoms with Crippen LogP contribution in [0.15, 0.2) is 42.5 Å². The summed E-state index contributed by atoms with van der Waals surface area (Å²) in [6, 6.07) is 16.1. The van der Waals surface area contributed by atoms with Crippen molar-refractivity contribution in [2.24, 2.45) is 0 Å². The van der Waals surface area contributed by atoms with Gasteiger partial charge < -0.3 is 10.2 Å². The van der Waals surface area contributed by atoms with E-state index in [1.807, 2.05) is 6.07 Å². The van der Waals surface area contributed by atoms with E-state index in [0.29, 0.717) is 0 Å². The number of halogens is 1. The second-order valence-corrected chi connectivity index (χ2v) is 5.46. The van der Waals surface area contributed by atoms with E-state index in [9.17, 15) is 4.39 Å². The molecule has 1 aliphatic heterocycles. The molecule has 0 amide bonds.